The van der Waals surface area contributed by atoms with Crippen LogP contribution in [0, 0.1) is 15.9 Å². The van der Waals surface area contributed by atoms with E-state index in [-0.39, 0.29) is 17.3 Å². The number of hydrogen-bond acceptors (Lipinski definition) is 5. The number of anilines is 1. The number of rotatable bonds is 5. The molecule has 0 radical (unpaired) electrons. The maximum atomic E-state index is 14.1. The van der Waals surface area contributed by atoms with Crippen molar-refractivity contribution in [1.29, 1.82) is 0 Å². The van der Waals surface area contributed by atoms with Crippen molar-refractivity contribution in [2.75, 3.05) is 11.4 Å². The van der Waals surface area contributed by atoms with Crippen molar-refractivity contribution in [3.05, 3.63) is 63.5 Å². The summed E-state index contributed by atoms with van der Waals surface area (Å²) in [5, 5.41) is 11.0. The zero-order valence-electron chi connectivity index (χ0n) is 14.6. The number of nitro benzene ring substituents is 1. The fourth-order valence-corrected chi connectivity index (χ4v) is 4.58. The monoisotopic (exact) mass is 405 g/mol. The maximum Gasteiger partial charge on any atom is 0.271 e. The SMILES string of the molecule is O=C(c1ccc(F)c(S(=O)(=O)NC2CC2)c1)N1CCc2ccc([N+](=O)[O-])cc21. The number of carbonyl (C=O) groups excluding carboxylic acids is 1. The van der Waals surface area contributed by atoms with Crippen LogP contribution < -0.4 is 9.62 Å². The molecule has 0 unspecified atom stereocenters. The minimum atomic E-state index is -4.07. The third kappa shape index (κ3) is 3.36. The normalized spacial score (nSPS) is 16.1. The van der Waals surface area contributed by atoms with E-state index in [0.717, 1.165) is 17.7 Å². The second kappa shape index (κ2) is 6.64. The summed E-state index contributed by atoms with van der Waals surface area (Å²) in [6, 6.07) is 7.25. The van der Waals surface area contributed by atoms with Gasteiger partial charge in [-0.25, -0.2) is 17.5 Å². The molecule has 0 saturated heterocycles. The smallest absolute Gasteiger partial charge is 0.271 e. The molecule has 1 fully saturated rings. The lowest BCUT2D eigenvalue weighted by Gasteiger charge is -2.18. The molecular weight excluding hydrogens is 389 g/mol. The quantitative estimate of drug-likeness (QED) is 0.607. The second-order valence-corrected chi connectivity index (χ2v) is 8.50. The lowest BCUT2D eigenvalue weighted by atomic mass is 10.1. The number of halogens is 1. The van der Waals surface area contributed by atoms with Crippen LogP contribution in [-0.2, 0) is 16.4 Å². The number of non-ortho nitro benzene ring substituents is 1. The molecule has 0 atom stereocenters. The zero-order chi connectivity index (χ0) is 20.1. The van der Waals surface area contributed by atoms with Gasteiger partial charge in [-0.05, 0) is 43.0 Å². The molecule has 0 aromatic heterocycles. The van der Waals surface area contributed by atoms with Crippen LogP contribution in [0.15, 0.2) is 41.3 Å². The van der Waals surface area contributed by atoms with Crippen molar-refractivity contribution in [3.63, 3.8) is 0 Å². The van der Waals surface area contributed by atoms with E-state index in [2.05, 4.69) is 4.72 Å². The van der Waals surface area contributed by atoms with Crippen LogP contribution in [0.3, 0.4) is 0 Å². The molecule has 0 bridgehead atoms. The van der Waals surface area contributed by atoms with Crippen molar-refractivity contribution in [2.45, 2.75) is 30.2 Å². The minimum absolute atomic E-state index is 0.00284. The van der Waals surface area contributed by atoms with E-state index < -0.39 is 31.6 Å². The van der Waals surface area contributed by atoms with E-state index in [1.54, 1.807) is 6.07 Å². The number of nitrogens with one attached hydrogen (secondary N) is 1. The van der Waals surface area contributed by atoms with Crippen LogP contribution in [0.4, 0.5) is 15.8 Å². The van der Waals surface area contributed by atoms with Gasteiger partial charge >= 0.3 is 0 Å². The molecule has 4 rings (SSSR count). The Hall–Kier alpha value is -2.85. The average molecular weight is 405 g/mol. The van der Waals surface area contributed by atoms with Gasteiger partial charge in [0.25, 0.3) is 11.6 Å². The molecule has 146 valence electrons. The third-order valence-electron chi connectivity index (χ3n) is 4.79. The van der Waals surface area contributed by atoms with Crippen molar-refractivity contribution in [2.24, 2.45) is 0 Å². The van der Waals surface area contributed by atoms with Gasteiger partial charge in [-0.1, -0.05) is 6.07 Å². The number of carbonyl (C=O) groups is 1. The Morgan fingerprint density at radius 1 is 1.21 bits per heavy atom. The van der Waals surface area contributed by atoms with Crippen molar-refractivity contribution >= 4 is 27.3 Å². The van der Waals surface area contributed by atoms with Crippen LogP contribution >= 0.6 is 0 Å². The number of benzene rings is 2. The zero-order valence-corrected chi connectivity index (χ0v) is 15.4. The van der Waals surface area contributed by atoms with Crippen molar-refractivity contribution < 1.29 is 22.5 Å². The van der Waals surface area contributed by atoms with Gasteiger partial charge in [0, 0.05) is 30.3 Å². The number of fused-ring (bicyclic) bond motifs is 1. The van der Waals surface area contributed by atoms with Gasteiger partial charge in [0.2, 0.25) is 10.0 Å². The van der Waals surface area contributed by atoms with E-state index in [9.17, 15) is 27.7 Å². The molecule has 1 amide bonds. The van der Waals surface area contributed by atoms with Gasteiger partial charge in [-0.3, -0.25) is 14.9 Å². The highest BCUT2D eigenvalue weighted by Crippen LogP contribution is 2.33. The number of nitrogens with zero attached hydrogens (tertiary/aromatic N) is 2. The fraction of sp³-hybridized carbons (Fsp3) is 0.278. The highest BCUT2D eigenvalue weighted by atomic mass is 32.2. The van der Waals surface area contributed by atoms with Crippen LogP contribution in [0.25, 0.3) is 0 Å². The fourth-order valence-electron chi connectivity index (χ4n) is 3.17. The van der Waals surface area contributed by atoms with Crippen LogP contribution in [-0.4, -0.2) is 31.8 Å². The third-order valence-corrected chi connectivity index (χ3v) is 6.32. The Bertz CT molecular complexity index is 1100. The lowest BCUT2D eigenvalue weighted by molar-refractivity contribution is -0.384. The van der Waals surface area contributed by atoms with E-state index >= 15 is 0 Å². The standard InChI is InChI=1S/C18H16FN3O5S/c19-15-6-2-12(9-17(15)28(26,27)20-13-3-4-13)18(23)21-8-7-11-1-5-14(22(24)25)10-16(11)21/h1-2,5-6,9-10,13,20H,3-4,7-8H2. The first-order chi connectivity index (χ1) is 13.3. The average Bonchev–Trinajstić information content (AvgIpc) is 3.35. The molecule has 28 heavy (non-hydrogen) atoms. The Morgan fingerprint density at radius 3 is 2.64 bits per heavy atom. The summed E-state index contributed by atoms with van der Waals surface area (Å²) in [6.45, 7) is 0.301. The van der Waals surface area contributed by atoms with E-state index in [0.29, 0.717) is 31.5 Å². The molecule has 10 heteroatoms. The lowest BCUT2D eigenvalue weighted by Crippen LogP contribution is -2.30. The van der Waals surface area contributed by atoms with E-state index in [1.165, 1.54) is 23.1 Å². The van der Waals surface area contributed by atoms with Crippen molar-refractivity contribution in [1.82, 2.24) is 4.72 Å². The second-order valence-electron chi connectivity index (χ2n) is 6.82. The van der Waals surface area contributed by atoms with E-state index in [4.69, 9.17) is 0 Å². The van der Waals surface area contributed by atoms with Gasteiger partial charge in [0.1, 0.15) is 10.7 Å². The highest BCUT2D eigenvalue weighted by molar-refractivity contribution is 7.89. The molecule has 1 heterocycles. The summed E-state index contributed by atoms with van der Waals surface area (Å²) >= 11 is 0. The summed E-state index contributed by atoms with van der Waals surface area (Å²) in [5.74, 6) is -1.48. The van der Waals surface area contributed by atoms with Gasteiger partial charge in [-0.15, -0.1) is 0 Å². The minimum Gasteiger partial charge on any atom is -0.307 e. The first-order valence-electron chi connectivity index (χ1n) is 8.67. The summed E-state index contributed by atoms with van der Waals surface area (Å²) in [7, 11) is -4.07. The summed E-state index contributed by atoms with van der Waals surface area (Å²) < 4.78 is 41.3. The van der Waals surface area contributed by atoms with E-state index in [1.807, 2.05) is 0 Å². The van der Waals surface area contributed by atoms with Crippen molar-refractivity contribution in [3.8, 4) is 0 Å². The first kappa shape index (κ1) is 18.5. The molecule has 1 N–H and O–H groups in total. The molecule has 8 nitrogen and oxygen atoms in total. The molecule has 1 aliphatic carbocycles. The summed E-state index contributed by atoms with van der Waals surface area (Å²) in [6.07, 6.45) is 1.92. The Kier molecular flexibility index (Phi) is 4.39. The predicted molar refractivity (Wildman–Crippen MR) is 98.2 cm³/mol. The summed E-state index contributed by atoms with van der Waals surface area (Å²) in [4.78, 5) is 24.2. The van der Waals surface area contributed by atoms with Crippen LogP contribution in [0.1, 0.15) is 28.8 Å². The highest BCUT2D eigenvalue weighted by Gasteiger charge is 2.32. The number of sulfonamides is 1. The topological polar surface area (TPSA) is 110 Å². The van der Waals surface area contributed by atoms with Crippen LogP contribution in [0.2, 0.25) is 0 Å². The molecule has 2 aromatic rings. The maximum absolute atomic E-state index is 14.1. The van der Waals surface area contributed by atoms with Crippen LogP contribution in [0.5, 0.6) is 0 Å². The largest absolute Gasteiger partial charge is 0.307 e. The number of hydrogen-bond donors (Lipinski definition) is 1. The Labute approximate surface area is 160 Å². The predicted octanol–water partition coefficient (Wildman–Crippen LogP) is 2.38. The first-order valence-corrected chi connectivity index (χ1v) is 10.2. The molecule has 2 aliphatic rings. The van der Waals surface area contributed by atoms with Gasteiger partial charge < -0.3 is 4.90 Å². The Morgan fingerprint density at radius 2 is 1.96 bits per heavy atom. The molecule has 1 saturated carbocycles. The molecule has 1 aliphatic heterocycles. The molecule has 0 spiro atoms. The number of nitro groups is 1. The number of amides is 1. The molecule has 2 aromatic carbocycles. The van der Waals surface area contributed by atoms with Gasteiger partial charge in [0.05, 0.1) is 10.6 Å². The molecular formula is C18H16FN3O5S. The van der Waals surface area contributed by atoms with Gasteiger partial charge in [0.15, 0.2) is 0 Å². The Balaban J connectivity index is 1.68. The van der Waals surface area contributed by atoms with Gasteiger partial charge in [-0.2, -0.15) is 0 Å². The summed E-state index contributed by atoms with van der Waals surface area (Å²) in [5.41, 5.74) is 1.04.